The molecule has 0 aliphatic heterocycles. The van der Waals surface area contributed by atoms with E-state index >= 15 is 0 Å². The van der Waals surface area contributed by atoms with Crippen LogP contribution in [0.2, 0.25) is 0 Å². The number of carbonyl (C=O) groups is 1. The monoisotopic (exact) mass is 386 g/mol. The van der Waals surface area contributed by atoms with E-state index in [1.165, 1.54) is 0 Å². The van der Waals surface area contributed by atoms with Gasteiger partial charge < -0.3 is 26.0 Å². The van der Waals surface area contributed by atoms with E-state index in [0.717, 1.165) is 12.0 Å². The van der Waals surface area contributed by atoms with Gasteiger partial charge in [0.25, 0.3) is 5.91 Å². The molecule has 4 unspecified atom stereocenters. The first kappa shape index (κ1) is 21.7. The lowest BCUT2D eigenvalue weighted by Crippen LogP contribution is -2.47. The van der Waals surface area contributed by atoms with E-state index in [1.54, 1.807) is 31.2 Å². The summed E-state index contributed by atoms with van der Waals surface area (Å²) in [6, 6.07) is 13.4. The molecule has 5 N–H and O–H groups in total. The number of nitrogen functional groups attached to an aromatic ring is 1. The molecule has 0 heterocycles. The summed E-state index contributed by atoms with van der Waals surface area (Å²) in [6.45, 7) is 5.44. The average molecular weight is 386 g/mol. The van der Waals surface area contributed by atoms with Gasteiger partial charge in [-0.25, -0.2) is 0 Å². The van der Waals surface area contributed by atoms with Gasteiger partial charge in [-0.3, -0.25) is 4.79 Å². The van der Waals surface area contributed by atoms with Crippen LogP contribution in [0.15, 0.2) is 48.5 Å². The van der Waals surface area contributed by atoms with Gasteiger partial charge in [0.15, 0.2) is 6.10 Å². The van der Waals surface area contributed by atoms with Crippen molar-refractivity contribution in [3.05, 3.63) is 59.7 Å². The van der Waals surface area contributed by atoms with Gasteiger partial charge >= 0.3 is 0 Å². The molecule has 1 amide bonds. The number of ether oxygens (including phenoxy) is 1. The molecule has 2 aromatic rings. The van der Waals surface area contributed by atoms with Crippen LogP contribution in [0.25, 0.3) is 0 Å². The van der Waals surface area contributed by atoms with E-state index in [4.69, 9.17) is 10.5 Å². The molecule has 0 aliphatic carbocycles. The lowest BCUT2D eigenvalue weighted by molar-refractivity contribution is -0.129. The maximum absolute atomic E-state index is 12.6. The Balaban J connectivity index is 2.05. The molecule has 0 fully saturated rings. The third kappa shape index (κ3) is 5.47. The lowest BCUT2D eigenvalue weighted by Gasteiger charge is -2.25. The van der Waals surface area contributed by atoms with Crippen molar-refractivity contribution in [3.8, 4) is 5.75 Å². The van der Waals surface area contributed by atoms with Crippen molar-refractivity contribution in [2.24, 2.45) is 0 Å². The van der Waals surface area contributed by atoms with Gasteiger partial charge in [0.05, 0.1) is 12.6 Å². The summed E-state index contributed by atoms with van der Waals surface area (Å²) in [5.74, 6) is 0.565. The van der Waals surface area contributed by atoms with Crippen LogP contribution in [0.1, 0.15) is 50.3 Å². The predicted octanol–water partition coefficient (Wildman–Crippen LogP) is 2.76. The summed E-state index contributed by atoms with van der Waals surface area (Å²) in [6.07, 6.45) is -0.881. The number of aliphatic hydroxyl groups excluding tert-OH is 2. The number of hydrogen-bond donors (Lipinski definition) is 4. The molecule has 0 bridgehead atoms. The minimum Gasteiger partial charge on any atom is -0.481 e. The number of rotatable bonds is 9. The number of nitrogens with two attached hydrogens (primary N) is 1. The van der Waals surface area contributed by atoms with Gasteiger partial charge in [-0.15, -0.1) is 0 Å². The molecular formula is C22H30N2O4. The predicted molar refractivity (Wildman–Crippen MR) is 110 cm³/mol. The second-order valence-corrected chi connectivity index (χ2v) is 7.02. The number of para-hydroxylation sites is 1. The van der Waals surface area contributed by atoms with Crippen molar-refractivity contribution >= 4 is 11.6 Å². The molecule has 4 atom stereocenters. The first-order valence-corrected chi connectivity index (χ1v) is 9.57. The number of amides is 1. The van der Waals surface area contributed by atoms with Crippen LogP contribution >= 0.6 is 0 Å². The standard InChI is InChI=1S/C22H30N2O4/c1-4-14(2)18-7-5-6-8-20(18)28-15(3)22(27)24-19(13-25)21(26)16-9-11-17(23)12-10-16/h5-12,14-15,19,21,25-26H,4,13,23H2,1-3H3,(H,24,27). The zero-order valence-electron chi connectivity index (χ0n) is 16.6. The summed E-state index contributed by atoms with van der Waals surface area (Å²) in [5.41, 5.74) is 7.83. The molecule has 6 heteroatoms. The quantitative estimate of drug-likeness (QED) is 0.496. The number of anilines is 1. The molecule has 0 aromatic heterocycles. The van der Waals surface area contributed by atoms with Crippen LogP contribution in [-0.4, -0.2) is 34.9 Å². The van der Waals surface area contributed by atoms with E-state index < -0.39 is 30.8 Å². The molecule has 28 heavy (non-hydrogen) atoms. The summed E-state index contributed by atoms with van der Waals surface area (Å²) >= 11 is 0. The van der Waals surface area contributed by atoms with Gasteiger partial charge in [0, 0.05) is 5.69 Å². The second kappa shape index (κ2) is 10.1. The highest BCUT2D eigenvalue weighted by Crippen LogP contribution is 2.29. The minimum atomic E-state index is -1.06. The number of aliphatic hydroxyl groups is 2. The topological polar surface area (TPSA) is 105 Å². The first-order chi connectivity index (χ1) is 13.4. The van der Waals surface area contributed by atoms with E-state index in [9.17, 15) is 15.0 Å². The van der Waals surface area contributed by atoms with Crippen LogP contribution in [0.4, 0.5) is 5.69 Å². The molecule has 152 valence electrons. The smallest absolute Gasteiger partial charge is 0.261 e. The average Bonchev–Trinajstić information content (AvgIpc) is 2.71. The molecule has 0 saturated heterocycles. The fourth-order valence-electron chi connectivity index (χ4n) is 2.91. The summed E-state index contributed by atoms with van der Waals surface area (Å²) in [7, 11) is 0. The van der Waals surface area contributed by atoms with Gasteiger partial charge in [0.1, 0.15) is 11.9 Å². The minimum absolute atomic E-state index is 0.309. The number of carbonyl (C=O) groups excluding carboxylic acids is 1. The van der Waals surface area contributed by atoms with Gasteiger partial charge in [0.2, 0.25) is 0 Å². The molecule has 6 nitrogen and oxygen atoms in total. The van der Waals surface area contributed by atoms with E-state index in [2.05, 4.69) is 19.2 Å². The number of nitrogens with one attached hydrogen (secondary N) is 1. The van der Waals surface area contributed by atoms with Gasteiger partial charge in [-0.05, 0) is 48.6 Å². The maximum atomic E-state index is 12.6. The lowest BCUT2D eigenvalue weighted by atomic mass is 9.98. The van der Waals surface area contributed by atoms with Crippen LogP contribution in [-0.2, 0) is 4.79 Å². The molecule has 0 radical (unpaired) electrons. The van der Waals surface area contributed by atoms with Crippen molar-refractivity contribution in [1.29, 1.82) is 0 Å². The highest BCUT2D eigenvalue weighted by Gasteiger charge is 2.26. The Kier molecular flexibility index (Phi) is 7.84. The summed E-state index contributed by atoms with van der Waals surface area (Å²) < 4.78 is 5.88. The summed E-state index contributed by atoms with van der Waals surface area (Å²) in [4.78, 5) is 12.6. The number of hydrogen-bond acceptors (Lipinski definition) is 5. The zero-order chi connectivity index (χ0) is 20.7. The highest BCUT2D eigenvalue weighted by molar-refractivity contribution is 5.81. The number of benzene rings is 2. The Morgan fingerprint density at radius 1 is 1.14 bits per heavy atom. The Hall–Kier alpha value is -2.57. The summed E-state index contributed by atoms with van der Waals surface area (Å²) in [5, 5.41) is 22.8. The molecule has 0 spiro atoms. The van der Waals surface area contributed by atoms with Gasteiger partial charge in [-0.2, -0.15) is 0 Å². The second-order valence-electron chi connectivity index (χ2n) is 7.02. The van der Waals surface area contributed by atoms with Crippen molar-refractivity contribution in [2.75, 3.05) is 12.3 Å². The van der Waals surface area contributed by atoms with Crippen molar-refractivity contribution in [1.82, 2.24) is 5.32 Å². The Morgan fingerprint density at radius 3 is 2.39 bits per heavy atom. The highest BCUT2D eigenvalue weighted by atomic mass is 16.5. The van der Waals surface area contributed by atoms with E-state index in [0.29, 0.717) is 22.9 Å². The molecule has 0 saturated carbocycles. The van der Waals surface area contributed by atoms with Crippen molar-refractivity contribution in [2.45, 2.75) is 51.4 Å². The first-order valence-electron chi connectivity index (χ1n) is 9.57. The van der Waals surface area contributed by atoms with Crippen LogP contribution < -0.4 is 15.8 Å². The fourth-order valence-corrected chi connectivity index (χ4v) is 2.91. The van der Waals surface area contributed by atoms with Gasteiger partial charge in [-0.1, -0.05) is 44.2 Å². The fraction of sp³-hybridized carbons (Fsp3) is 0.409. The third-order valence-corrected chi connectivity index (χ3v) is 4.92. The molecule has 0 aliphatic rings. The SMILES string of the molecule is CCC(C)c1ccccc1OC(C)C(=O)NC(CO)C(O)c1ccc(N)cc1. The van der Waals surface area contributed by atoms with Crippen molar-refractivity contribution < 1.29 is 19.7 Å². The largest absolute Gasteiger partial charge is 0.481 e. The Bertz CT molecular complexity index is 763. The zero-order valence-corrected chi connectivity index (χ0v) is 16.6. The third-order valence-electron chi connectivity index (χ3n) is 4.92. The molecular weight excluding hydrogens is 356 g/mol. The maximum Gasteiger partial charge on any atom is 0.261 e. The Labute approximate surface area is 166 Å². The van der Waals surface area contributed by atoms with Crippen LogP contribution in [0, 0.1) is 0 Å². The van der Waals surface area contributed by atoms with E-state index in [1.807, 2.05) is 24.3 Å². The molecule has 2 aromatic carbocycles. The molecule has 2 rings (SSSR count). The Morgan fingerprint density at radius 2 is 1.79 bits per heavy atom. The normalized spacial score (nSPS) is 15.3. The van der Waals surface area contributed by atoms with Crippen LogP contribution in [0.3, 0.4) is 0 Å². The van der Waals surface area contributed by atoms with Crippen molar-refractivity contribution in [3.63, 3.8) is 0 Å². The van der Waals surface area contributed by atoms with E-state index in [-0.39, 0.29) is 0 Å². The van der Waals surface area contributed by atoms with Crippen LogP contribution in [0.5, 0.6) is 5.75 Å².